The Morgan fingerprint density at radius 1 is 1.16 bits per heavy atom. The van der Waals surface area contributed by atoms with Crippen molar-refractivity contribution in [2.75, 3.05) is 25.5 Å². The van der Waals surface area contributed by atoms with Crippen LogP contribution in [0.3, 0.4) is 0 Å². The van der Waals surface area contributed by atoms with E-state index in [1.807, 2.05) is 39.8 Å². The molecule has 3 amide bonds. The van der Waals surface area contributed by atoms with Gasteiger partial charge in [-0.1, -0.05) is 24.6 Å². The third kappa shape index (κ3) is 5.05. The van der Waals surface area contributed by atoms with Gasteiger partial charge in [-0.05, 0) is 44.2 Å². The lowest BCUT2D eigenvalue weighted by molar-refractivity contribution is -0.134. The van der Waals surface area contributed by atoms with Gasteiger partial charge >= 0.3 is 0 Å². The predicted molar refractivity (Wildman–Crippen MR) is 97.2 cm³/mol. The molecule has 0 radical (unpaired) electrons. The Hall–Kier alpha value is -2.37. The lowest BCUT2D eigenvalue weighted by Gasteiger charge is -2.18. The van der Waals surface area contributed by atoms with Crippen molar-refractivity contribution in [3.8, 4) is 0 Å². The molecule has 136 valence electrons. The van der Waals surface area contributed by atoms with Crippen molar-refractivity contribution < 1.29 is 14.4 Å². The van der Waals surface area contributed by atoms with Crippen LogP contribution in [0.5, 0.6) is 0 Å². The van der Waals surface area contributed by atoms with E-state index in [1.54, 1.807) is 7.05 Å². The van der Waals surface area contributed by atoms with Crippen molar-refractivity contribution in [3.63, 3.8) is 0 Å². The van der Waals surface area contributed by atoms with E-state index in [1.165, 1.54) is 4.90 Å². The third-order valence-corrected chi connectivity index (χ3v) is 4.61. The molecular formula is C19H27N3O3. The summed E-state index contributed by atoms with van der Waals surface area (Å²) in [6.45, 7) is 7.78. The van der Waals surface area contributed by atoms with Crippen molar-refractivity contribution in [1.82, 2.24) is 10.2 Å². The quantitative estimate of drug-likeness (QED) is 0.825. The topological polar surface area (TPSA) is 78.5 Å². The fraction of sp³-hybridized carbons (Fsp3) is 0.526. The maximum absolute atomic E-state index is 12.2. The first-order valence-electron chi connectivity index (χ1n) is 8.58. The number of likely N-dealkylation sites (N-methyl/N-ethyl adjacent to an activating group) is 1. The van der Waals surface area contributed by atoms with Crippen molar-refractivity contribution in [2.45, 2.75) is 34.1 Å². The normalized spacial score (nSPS) is 18.4. The minimum Gasteiger partial charge on any atom is -0.347 e. The molecule has 0 bridgehead atoms. The number of amides is 3. The second-order valence-electron chi connectivity index (χ2n) is 7.11. The van der Waals surface area contributed by atoms with Gasteiger partial charge in [0.15, 0.2) is 0 Å². The lowest BCUT2D eigenvalue weighted by Crippen LogP contribution is -2.42. The number of nitrogens with zero attached hydrogens (tertiary/aromatic N) is 1. The maximum atomic E-state index is 12.2. The molecule has 0 spiro atoms. The Labute approximate surface area is 149 Å². The Balaban J connectivity index is 1.83. The zero-order valence-corrected chi connectivity index (χ0v) is 15.6. The Morgan fingerprint density at radius 2 is 1.72 bits per heavy atom. The van der Waals surface area contributed by atoms with E-state index < -0.39 is 0 Å². The van der Waals surface area contributed by atoms with E-state index in [2.05, 4.69) is 10.6 Å². The van der Waals surface area contributed by atoms with Crippen LogP contribution in [0.2, 0.25) is 0 Å². The fourth-order valence-electron chi connectivity index (χ4n) is 2.98. The highest BCUT2D eigenvalue weighted by molar-refractivity contribution is 5.96. The summed E-state index contributed by atoms with van der Waals surface area (Å²) in [5.74, 6) is -0.180. The summed E-state index contributed by atoms with van der Waals surface area (Å²) in [5.41, 5.74) is 3.91. The molecule has 0 aromatic heterocycles. The molecule has 25 heavy (non-hydrogen) atoms. The second kappa shape index (κ2) is 7.68. The summed E-state index contributed by atoms with van der Waals surface area (Å²) in [7, 11) is 1.56. The van der Waals surface area contributed by atoms with E-state index in [9.17, 15) is 14.4 Å². The lowest BCUT2D eigenvalue weighted by atomic mass is 10.1. The average molecular weight is 345 g/mol. The van der Waals surface area contributed by atoms with Crippen LogP contribution in [0.1, 0.15) is 30.0 Å². The molecule has 1 aromatic carbocycles. The molecule has 6 nitrogen and oxygen atoms in total. The molecule has 0 aliphatic heterocycles. The number of anilines is 1. The number of aryl methyl sites for hydroxylation is 3. The van der Waals surface area contributed by atoms with E-state index >= 15 is 0 Å². The number of hydrogen-bond donors (Lipinski definition) is 2. The Morgan fingerprint density at radius 3 is 2.24 bits per heavy atom. The molecule has 1 fully saturated rings. The standard InChI is InChI=1S/C19H27N3O3/c1-11-6-13(3)18(14(4)7-11)21-16(23)10-22(5)17(24)9-20-19(25)15-8-12(15)2/h6-7,12,15H,8-10H2,1-5H3,(H,20,25)(H,21,23)/t12-,15+/m1/s1. The summed E-state index contributed by atoms with van der Waals surface area (Å²) in [6, 6.07) is 4.01. The number of rotatable bonds is 6. The van der Waals surface area contributed by atoms with Crippen LogP contribution in [-0.4, -0.2) is 42.8 Å². The number of carbonyl (C=O) groups excluding carboxylic acids is 3. The van der Waals surface area contributed by atoms with E-state index in [0.717, 1.165) is 28.8 Å². The molecular weight excluding hydrogens is 318 g/mol. The summed E-state index contributed by atoms with van der Waals surface area (Å²) in [5, 5.41) is 5.51. The number of benzene rings is 1. The summed E-state index contributed by atoms with van der Waals surface area (Å²) >= 11 is 0. The monoisotopic (exact) mass is 345 g/mol. The highest BCUT2D eigenvalue weighted by Gasteiger charge is 2.39. The van der Waals surface area contributed by atoms with Crippen LogP contribution in [0, 0.1) is 32.6 Å². The number of carbonyl (C=O) groups is 3. The Bertz CT molecular complexity index is 676. The minimum atomic E-state index is -0.283. The zero-order chi connectivity index (χ0) is 18.7. The maximum Gasteiger partial charge on any atom is 0.243 e. The van der Waals surface area contributed by atoms with Gasteiger partial charge in [-0.2, -0.15) is 0 Å². The van der Waals surface area contributed by atoms with Gasteiger partial charge in [0.1, 0.15) is 0 Å². The van der Waals surface area contributed by atoms with Gasteiger partial charge in [-0.3, -0.25) is 14.4 Å². The van der Waals surface area contributed by atoms with Crippen LogP contribution in [0.15, 0.2) is 12.1 Å². The molecule has 0 saturated heterocycles. The molecule has 2 rings (SSSR count). The van der Waals surface area contributed by atoms with E-state index in [-0.39, 0.29) is 36.7 Å². The van der Waals surface area contributed by atoms with Crippen molar-refractivity contribution in [1.29, 1.82) is 0 Å². The molecule has 1 aromatic rings. The summed E-state index contributed by atoms with van der Waals surface area (Å²) in [6.07, 6.45) is 0.882. The fourth-order valence-corrected chi connectivity index (χ4v) is 2.98. The average Bonchev–Trinajstić information content (AvgIpc) is 3.25. The molecule has 1 aliphatic rings. The molecule has 1 saturated carbocycles. The van der Waals surface area contributed by atoms with Gasteiger partial charge in [-0.15, -0.1) is 0 Å². The highest BCUT2D eigenvalue weighted by Crippen LogP contribution is 2.37. The van der Waals surface area contributed by atoms with Crippen LogP contribution in [0.25, 0.3) is 0 Å². The molecule has 6 heteroatoms. The first-order chi connectivity index (χ1) is 11.7. The summed E-state index contributed by atoms with van der Waals surface area (Å²) in [4.78, 5) is 37.4. The van der Waals surface area contributed by atoms with Crippen LogP contribution in [-0.2, 0) is 14.4 Å². The number of hydrogen-bond acceptors (Lipinski definition) is 3. The molecule has 0 heterocycles. The second-order valence-corrected chi connectivity index (χ2v) is 7.11. The van der Waals surface area contributed by atoms with Gasteiger partial charge in [-0.25, -0.2) is 0 Å². The van der Waals surface area contributed by atoms with Crippen LogP contribution >= 0.6 is 0 Å². The van der Waals surface area contributed by atoms with Crippen LogP contribution < -0.4 is 10.6 Å². The van der Waals surface area contributed by atoms with Gasteiger partial charge in [0.2, 0.25) is 17.7 Å². The van der Waals surface area contributed by atoms with Crippen molar-refractivity contribution in [2.24, 2.45) is 11.8 Å². The van der Waals surface area contributed by atoms with Crippen LogP contribution in [0.4, 0.5) is 5.69 Å². The van der Waals surface area contributed by atoms with Crippen molar-refractivity contribution in [3.05, 3.63) is 28.8 Å². The van der Waals surface area contributed by atoms with E-state index in [0.29, 0.717) is 5.92 Å². The smallest absolute Gasteiger partial charge is 0.243 e. The Kier molecular flexibility index (Phi) is 5.82. The number of nitrogens with one attached hydrogen (secondary N) is 2. The molecule has 2 atom stereocenters. The molecule has 1 aliphatic carbocycles. The molecule has 0 unspecified atom stereocenters. The predicted octanol–water partition coefficient (Wildman–Crippen LogP) is 1.78. The van der Waals surface area contributed by atoms with Gasteiger partial charge in [0.25, 0.3) is 0 Å². The first-order valence-corrected chi connectivity index (χ1v) is 8.58. The molecule has 2 N–H and O–H groups in total. The zero-order valence-electron chi connectivity index (χ0n) is 15.6. The van der Waals surface area contributed by atoms with Gasteiger partial charge < -0.3 is 15.5 Å². The summed E-state index contributed by atoms with van der Waals surface area (Å²) < 4.78 is 0. The highest BCUT2D eigenvalue weighted by atomic mass is 16.2. The van der Waals surface area contributed by atoms with Crippen molar-refractivity contribution >= 4 is 23.4 Å². The van der Waals surface area contributed by atoms with Gasteiger partial charge in [0, 0.05) is 18.7 Å². The van der Waals surface area contributed by atoms with E-state index in [4.69, 9.17) is 0 Å². The SMILES string of the molecule is Cc1cc(C)c(NC(=O)CN(C)C(=O)CNC(=O)[C@H]2C[C@H]2C)c(C)c1. The third-order valence-electron chi connectivity index (χ3n) is 4.61. The first kappa shape index (κ1) is 19.0. The van der Waals surface area contributed by atoms with Gasteiger partial charge in [0.05, 0.1) is 13.1 Å². The minimum absolute atomic E-state index is 0.0360. The largest absolute Gasteiger partial charge is 0.347 e.